The molecule has 0 aliphatic heterocycles. The van der Waals surface area contributed by atoms with Gasteiger partial charge in [0.15, 0.2) is 17.5 Å². The van der Waals surface area contributed by atoms with E-state index in [2.05, 4.69) is 83.3 Å². The molecular formula is C57H36N12. The van der Waals surface area contributed by atoms with E-state index in [0.29, 0.717) is 17.5 Å². The van der Waals surface area contributed by atoms with Gasteiger partial charge in [0.05, 0.1) is 68.8 Å². The lowest BCUT2D eigenvalue weighted by atomic mass is 10.1. The van der Waals surface area contributed by atoms with Crippen LogP contribution < -0.4 is 0 Å². The molecule has 0 unspecified atom stereocenters. The summed E-state index contributed by atoms with van der Waals surface area (Å²) >= 11 is 0. The van der Waals surface area contributed by atoms with Crippen molar-refractivity contribution in [3.05, 3.63) is 219 Å². The first-order chi connectivity index (χ1) is 34.2. The Balaban J connectivity index is 0.991. The minimum Gasteiger partial charge on any atom is -0.291 e. The molecule has 0 spiro atoms. The highest BCUT2D eigenvalue weighted by Crippen LogP contribution is 2.36. The van der Waals surface area contributed by atoms with Crippen LogP contribution in [0.2, 0.25) is 0 Å². The summed E-state index contributed by atoms with van der Waals surface area (Å²) in [6.07, 6.45) is 10.9. The van der Waals surface area contributed by atoms with Gasteiger partial charge in [-0.3, -0.25) is 28.7 Å². The maximum absolute atomic E-state index is 5.26. The zero-order valence-electron chi connectivity index (χ0n) is 36.7. The van der Waals surface area contributed by atoms with Crippen molar-refractivity contribution in [3.8, 4) is 85.4 Å². The Hall–Kier alpha value is -9.81. The molecule has 13 rings (SSSR count). The van der Waals surface area contributed by atoms with Crippen molar-refractivity contribution in [2.24, 2.45) is 0 Å². The van der Waals surface area contributed by atoms with Gasteiger partial charge in [-0.25, -0.2) is 29.9 Å². The predicted molar refractivity (Wildman–Crippen MR) is 270 cm³/mol. The number of hydrogen-bond donors (Lipinski definition) is 0. The van der Waals surface area contributed by atoms with E-state index in [4.69, 9.17) is 29.9 Å². The van der Waals surface area contributed by atoms with E-state index < -0.39 is 0 Å². The smallest absolute Gasteiger partial charge is 0.164 e. The van der Waals surface area contributed by atoms with Crippen molar-refractivity contribution >= 4 is 33.1 Å². The van der Waals surface area contributed by atoms with E-state index in [9.17, 15) is 0 Å². The van der Waals surface area contributed by atoms with Gasteiger partial charge in [-0.05, 0) is 91.0 Å². The van der Waals surface area contributed by atoms with Crippen LogP contribution in [0.25, 0.3) is 118 Å². The Morgan fingerprint density at radius 1 is 0.261 bits per heavy atom. The first-order valence-corrected chi connectivity index (χ1v) is 22.4. The molecule has 6 aromatic carbocycles. The summed E-state index contributed by atoms with van der Waals surface area (Å²) in [4.78, 5) is 44.6. The van der Waals surface area contributed by atoms with Crippen LogP contribution in [0.3, 0.4) is 0 Å². The van der Waals surface area contributed by atoms with Crippen LogP contribution in [0.5, 0.6) is 0 Å². The molecule has 0 aliphatic carbocycles. The van der Waals surface area contributed by atoms with E-state index in [-0.39, 0.29) is 0 Å². The molecule has 0 atom stereocenters. The predicted octanol–water partition coefficient (Wildman–Crippen LogP) is 12.1. The number of fused-ring (bicyclic) bond motifs is 3. The second-order valence-electron chi connectivity index (χ2n) is 16.5. The molecule has 7 aromatic heterocycles. The second-order valence-corrected chi connectivity index (χ2v) is 16.5. The van der Waals surface area contributed by atoms with Gasteiger partial charge in [0.1, 0.15) is 17.5 Å². The fourth-order valence-corrected chi connectivity index (χ4v) is 9.06. The fourth-order valence-electron chi connectivity index (χ4n) is 9.06. The number of imidazole rings is 3. The number of para-hydroxylation sites is 6. The van der Waals surface area contributed by atoms with Crippen LogP contribution in [0.15, 0.2) is 219 Å². The Labute approximate surface area is 394 Å². The Kier molecular flexibility index (Phi) is 9.49. The third-order valence-electron chi connectivity index (χ3n) is 12.2. The number of hydrogen-bond acceptors (Lipinski definition) is 9. The van der Waals surface area contributed by atoms with E-state index in [1.807, 2.05) is 146 Å². The first kappa shape index (κ1) is 39.5. The van der Waals surface area contributed by atoms with Crippen molar-refractivity contribution in [3.63, 3.8) is 0 Å². The van der Waals surface area contributed by atoms with Gasteiger partial charge in [0, 0.05) is 52.0 Å². The summed E-state index contributed by atoms with van der Waals surface area (Å²) < 4.78 is 6.42. The van der Waals surface area contributed by atoms with E-state index in [1.165, 1.54) is 0 Å². The Morgan fingerprint density at radius 3 is 0.870 bits per heavy atom. The standard InChI is InChI=1S/C57H36N12/c1-4-25-49-46(22-1)61-55(67(49)43-19-10-28-58-34-43)40-16-7-13-37(31-40)52-64-53(38-14-8-17-41(32-38)56-62-47-23-2-5-26-50(47)68(56)44-20-11-29-59-35-44)66-54(65-52)39-15-9-18-42(33-39)57-63-48-24-3-6-27-51(48)69(57)45-21-12-30-60-36-45/h1-36H. The van der Waals surface area contributed by atoms with Crippen molar-refractivity contribution in [2.45, 2.75) is 0 Å². The van der Waals surface area contributed by atoms with Gasteiger partial charge in [-0.1, -0.05) is 91.0 Å². The number of benzene rings is 6. The largest absolute Gasteiger partial charge is 0.291 e. The number of nitrogens with zero attached hydrogens (tertiary/aromatic N) is 12. The maximum atomic E-state index is 5.26. The minimum absolute atomic E-state index is 0.502. The van der Waals surface area contributed by atoms with Gasteiger partial charge < -0.3 is 0 Å². The fraction of sp³-hybridized carbons (Fsp3) is 0. The van der Waals surface area contributed by atoms with Crippen LogP contribution in [0.4, 0.5) is 0 Å². The molecule has 69 heavy (non-hydrogen) atoms. The molecule has 0 saturated carbocycles. The van der Waals surface area contributed by atoms with Gasteiger partial charge in [-0.15, -0.1) is 0 Å². The zero-order chi connectivity index (χ0) is 45.7. The topological polar surface area (TPSA) is 131 Å². The monoisotopic (exact) mass is 888 g/mol. The third-order valence-corrected chi connectivity index (χ3v) is 12.2. The van der Waals surface area contributed by atoms with Crippen LogP contribution in [-0.4, -0.2) is 58.6 Å². The Bertz CT molecular complexity index is 3600. The summed E-state index contributed by atoms with van der Waals surface area (Å²) in [6, 6.07) is 61.0. The summed E-state index contributed by atoms with van der Waals surface area (Å²) in [5.41, 5.74) is 13.3. The van der Waals surface area contributed by atoms with Gasteiger partial charge in [0.25, 0.3) is 0 Å². The molecule has 7 heterocycles. The molecule has 0 radical (unpaired) electrons. The molecule has 0 aliphatic rings. The molecule has 0 fully saturated rings. The third kappa shape index (κ3) is 7.07. The van der Waals surface area contributed by atoms with Gasteiger partial charge in [0.2, 0.25) is 0 Å². The minimum atomic E-state index is 0.502. The van der Waals surface area contributed by atoms with E-state index >= 15 is 0 Å². The molecule has 12 heteroatoms. The average Bonchev–Trinajstić information content (AvgIpc) is 4.14. The molecule has 13 aromatic rings. The average molecular weight is 889 g/mol. The van der Waals surface area contributed by atoms with Crippen LogP contribution >= 0.6 is 0 Å². The Morgan fingerprint density at radius 2 is 0.565 bits per heavy atom. The summed E-state index contributed by atoms with van der Waals surface area (Å²) in [5.74, 6) is 3.82. The lowest BCUT2D eigenvalue weighted by Crippen LogP contribution is -2.02. The quantitative estimate of drug-likeness (QED) is 0.139. The van der Waals surface area contributed by atoms with E-state index in [0.717, 1.165) is 101 Å². The van der Waals surface area contributed by atoms with Gasteiger partial charge >= 0.3 is 0 Å². The molecule has 324 valence electrons. The summed E-state index contributed by atoms with van der Waals surface area (Å²) in [5, 5.41) is 0. The molecule has 12 nitrogen and oxygen atoms in total. The highest BCUT2D eigenvalue weighted by molar-refractivity contribution is 5.87. The lowest BCUT2D eigenvalue weighted by Gasteiger charge is -2.13. The maximum Gasteiger partial charge on any atom is 0.164 e. The second kappa shape index (κ2) is 16.6. The van der Waals surface area contributed by atoms with Gasteiger partial charge in [-0.2, -0.15) is 0 Å². The summed E-state index contributed by atoms with van der Waals surface area (Å²) in [6.45, 7) is 0. The van der Waals surface area contributed by atoms with Crippen molar-refractivity contribution in [2.75, 3.05) is 0 Å². The number of aromatic nitrogens is 12. The molecular weight excluding hydrogens is 853 g/mol. The zero-order valence-corrected chi connectivity index (χ0v) is 36.7. The highest BCUT2D eigenvalue weighted by atomic mass is 15.1. The van der Waals surface area contributed by atoms with E-state index in [1.54, 1.807) is 18.6 Å². The van der Waals surface area contributed by atoms with Crippen LogP contribution in [0, 0.1) is 0 Å². The molecule has 0 amide bonds. The van der Waals surface area contributed by atoms with Crippen molar-refractivity contribution in [1.82, 2.24) is 58.6 Å². The molecule has 0 bridgehead atoms. The molecule has 0 N–H and O–H groups in total. The molecule has 0 saturated heterocycles. The van der Waals surface area contributed by atoms with Crippen molar-refractivity contribution < 1.29 is 0 Å². The summed E-state index contributed by atoms with van der Waals surface area (Å²) in [7, 11) is 0. The normalized spacial score (nSPS) is 11.5. The SMILES string of the molecule is c1cc(-c2nc(-c3cccc(-c4nc5ccccc5n4-c4cccnc4)c3)nc(-c3cccc(-c4nc5ccccc5n4-c4cccnc4)c3)n2)cc(-c2nc3ccccc3n2-c2cccnc2)c1. The highest BCUT2D eigenvalue weighted by Gasteiger charge is 2.21. The first-order valence-electron chi connectivity index (χ1n) is 22.4. The number of pyridine rings is 3. The van der Waals surface area contributed by atoms with Crippen LogP contribution in [-0.2, 0) is 0 Å². The van der Waals surface area contributed by atoms with Crippen molar-refractivity contribution in [1.29, 1.82) is 0 Å². The number of rotatable bonds is 9. The lowest BCUT2D eigenvalue weighted by molar-refractivity contribution is 1.06. The van der Waals surface area contributed by atoms with Crippen LogP contribution in [0.1, 0.15) is 0 Å².